The molecule has 0 saturated carbocycles. The van der Waals surface area contributed by atoms with E-state index in [4.69, 9.17) is 4.74 Å². The van der Waals surface area contributed by atoms with Crippen LogP contribution in [-0.4, -0.2) is 50.6 Å². The van der Waals surface area contributed by atoms with Crippen LogP contribution >= 0.6 is 0 Å². The molecule has 0 spiro atoms. The highest BCUT2D eigenvalue weighted by atomic mass is 16.5. The van der Waals surface area contributed by atoms with Gasteiger partial charge in [0.05, 0.1) is 17.9 Å². The number of amides is 1. The number of aryl methyl sites for hydroxylation is 2. The van der Waals surface area contributed by atoms with E-state index in [-0.39, 0.29) is 18.1 Å². The van der Waals surface area contributed by atoms with Gasteiger partial charge in [-0.05, 0) is 51.1 Å². The standard InChI is InChI=1S/C22H26N4O2/c1-15-13-25(14-16(2)28-15)21(27)8-11-26-20(19-7-5-9-23-17(19)3)12-18-6-4-10-24-22(18)26/h4-7,9-10,12,15-16H,8,11,13-14H2,1-3H3/t15-,16-/m1/s1. The van der Waals surface area contributed by atoms with Crippen molar-refractivity contribution in [3.8, 4) is 11.3 Å². The number of carbonyl (C=O) groups excluding carboxylic acids is 1. The summed E-state index contributed by atoms with van der Waals surface area (Å²) < 4.78 is 7.89. The molecule has 146 valence electrons. The minimum absolute atomic E-state index is 0.0791. The molecule has 0 aromatic carbocycles. The third-order valence-electron chi connectivity index (χ3n) is 5.26. The molecule has 2 atom stereocenters. The fourth-order valence-corrected chi connectivity index (χ4v) is 4.04. The maximum atomic E-state index is 12.9. The lowest BCUT2D eigenvalue weighted by Crippen LogP contribution is -2.48. The Kier molecular flexibility index (Phi) is 5.13. The molecular formula is C22H26N4O2. The number of pyridine rings is 2. The summed E-state index contributed by atoms with van der Waals surface area (Å²) in [5.41, 5.74) is 3.99. The molecule has 0 N–H and O–H groups in total. The van der Waals surface area contributed by atoms with Crippen molar-refractivity contribution in [2.24, 2.45) is 0 Å². The van der Waals surface area contributed by atoms with Gasteiger partial charge in [-0.15, -0.1) is 0 Å². The first-order valence-corrected chi connectivity index (χ1v) is 9.82. The van der Waals surface area contributed by atoms with Crippen molar-refractivity contribution in [1.29, 1.82) is 0 Å². The van der Waals surface area contributed by atoms with Crippen LogP contribution < -0.4 is 0 Å². The molecule has 1 aliphatic rings. The molecule has 3 aromatic heterocycles. The summed E-state index contributed by atoms with van der Waals surface area (Å²) in [6.45, 7) is 7.94. The highest BCUT2D eigenvalue weighted by molar-refractivity contribution is 5.85. The second kappa shape index (κ2) is 7.72. The first-order chi connectivity index (χ1) is 13.5. The first-order valence-electron chi connectivity index (χ1n) is 9.82. The van der Waals surface area contributed by atoms with Crippen molar-refractivity contribution >= 4 is 16.9 Å². The molecule has 0 unspecified atom stereocenters. The van der Waals surface area contributed by atoms with Gasteiger partial charge in [-0.25, -0.2) is 4.98 Å². The summed E-state index contributed by atoms with van der Waals surface area (Å²) in [5, 5.41) is 1.07. The van der Waals surface area contributed by atoms with E-state index in [0.29, 0.717) is 26.1 Å². The van der Waals surface area contributed by atoms with Crippen LogP contribution in [0.4, 0.5) is 0 Å². The van der Waals surface area contributed by atoms with E-state index in [1.807, 2.05) is 37.8 Å². The smallest absolute Gasteiger partial charge is 0.224 e. The van der Waals surface area contributed by atoms with Gasteiger partial charge in [0.1, 0.15) is 5.65 Å². The van der Waals surface area contributed by atoms with Crippen LogP contribution in [0.15, 0.2) is 42.7 Å². The zero-order valence-electron chi connectivity index (χ0n) is 16.6. The van der Waals surface area contributed by atoms with Gasteiger partial charge in [0.25, 0.3) is 0 Å². The zero-order chi connectivity index (χ0) is 19.7. The number of carbonyl (C=O) groups is 1. The Morgan fingerprint density at radius 1 is 1.14 bits per heavy atom. The van der Waals surface area contributed by atoms with E-state index in [0.717, 1.165) is 28.0 Å². The lowest BCUT2D eigenvalue weighted by molar-refractivity contribution is -0.143. The van der Waals surface area contributed by atoms with Crippen molar-refractivity contribution in [3.05, 3.63) is 48.4 Å². The minimum atomic E-state index is 0.0791. The molecule has 1 fully saturated rings. The zero-order valence-corrected chi connectivity index (χ0v) is 16.6. The summed E-state index contributed by atoms with van der Waals surface area (Å²) >= 11 is 0. The Morgan fingerprint density at radius 2 is 1.86 bits per heavy atom. The van der Waals surface area contributed by atoms with Crippen LogP contribution in [0.1, 0.15) is 26.0 Å². The molecule has 0 radical (unpaired) electrons. The Hall–Kier alpha value is -2.73. The summed E-state index contributed by atoms with van der Waals surface area (Å²) in [6, 6.07) is 10.1. The van der Waals surface area contributed by atoms with Crippen molar-refractivity contribution in [3.63, 3.8) is 0 Å². The average molecular weight is 378 g/mol. The summed E-state index contributed by atoms with van der Waals surface area (Å²) in [6.07, 6.45) is 4.19. The fraction of sp³-hybridized carbons (Fsp3) is 0.409. The Labute approximate surface area is 165 Å². The van der Waals surface area contributed by atoms with Gasteiger partial charge in [-0.3, -0.25) is 9.78 Å². The minimum Gasteiger partial charge on any atom is -0.372 e. The third-order valence-corrected chi connectivity index (χ3v) is 5.26. The monoisotopic (exact) mass is 378 g/mol. The van der Waals surface area contributed by atoms with E-state index >= 15 is 0 Å². The SMILES string of the molecule is Cc1ncccc1-c1cc2cccnc2n1CCC(=O)N1C[C@@H](C)O[C@H](C)C1. The lowest BCUT2D eigenvalue weighted by atomic mass is 10.1. The molecule has 6 heteroatoms. The lowest BCUT2D eigenvalue weighted by Gasteiger charge is -2.35. The number of morpholine rings is 1. The number of ether oxygens (including phenoxy) is 1. The van der Waals surface area contributed by atoms with Crippen molar-refractivity contribution in [1.82, 2.24) is 19.4 Å². The van der Waals surface area contributed by atoms with E-state index in [1.54, 1.807) is 12.4 Å². The van der Waals surface area contributed by atoms with Crippen LogP contribution in [0.5, 0.6) is 0 Å². The predicted molar refractivity (Wildman–Crippen MR) is 109 cm³/mol. The van der Waals surface area contributed by atoms with Gasteiger partial charge >= 0.3 is 0 Å². The quantitative estimate of drug-likeness (QED) is 0.698. The largest absolute Gasteiger partial charge is 0.372 e. The van der Waals surface area contributed by atoms with Crippen molar-refractivity contribution in [2.45, 2.75) is 45.9 Å². The highest BCUT2D eigenvalue weighted by Crippen LogP contribution is 2.29. The maximum Gasteiger partial charge on any atom is 0.224 e. The molecule has 1 aliphatic heterocycles. The number of nitrogens with zero attached hydrogens (tertiary/aromatic N) is 4. The van der Waals surface area contributed by atoms with Gasteiger partial charge in [0, 0.05) is 55.1 Å². The Bertz CT molecular complexity index is 987. The third kappa shape index (κ3) is 3.64. The molecule has 28 heavy (non-hydrogen) atoms. The molecule has 6 nitrogen and oxygen atoms in total. The van der Waals surface area contributed by atoms with Gasteiger partial charge in [-0.2, -0.15) is 0 Å². The maximum absolute atomic E-state index is 12.9. The van der Waals surface area contributed by atoms with Gasteiger partial charge in [0.2, 0.25) is 5.91 Å². The van der Waals surface area contributed by atoms with Crippen molar-refractivity contribution in [2.75, 3.05) is 13.1 Å². The number of hydrogen-bond acceptors (Lipinski definition) is 4. The number of fused-ring (bicyclic) bond motifs is 1. The molecule has 4 rings (SSSR count). The van der Waals surface area contributed by atoms with Crippen molar-refractivity contribution < 1.29 is 9.53 Å². The average Bonchev–Trinajstić information content (AvgIpc) is 3.04. The Morgan fingerprint density at radius 3 is 2.61 bits per heavy atom. The molecule has 0 aliphatic carbocycles. The molecule has 4 heterocycles. The van der Waals surface area contributed by atoms with E-state index < -0.39 is 0 Å². The summed E-state index contributed by atoms with van der Waals surface area (Å²) in [4.78, 5) is 23.8. The first kappa shape index (κ1) is 18.6. The highest BCUT2D eigenvalue weighted by Gasteiger charge is 2.26. The second-order valence-corrected chi connectivity index (χ2v) is 7.54. The van der Waals surface area contributed by atoms with Crippen LogP contribution in [0.2, 0.25) is 0 Å². The molecule has 0 bridgehead atoms. The van der Waals surface area contributed by atoms with Crippen LogP contribution in [0, 0.1) is 6.92 Å². The molecule has 1 saturated heterocycles. The molecular weight excluding hydrogens is 352 g/mol. The summed E-state index contributed by atoms with van der Waals surface area (Å²) in [7, 11) is 0. The number of hydrogen-bond donors (Lipinski definition) is 0. The van der Waals surface area contributed by atoms with Crippen LogP contribution in [0.3, 0.4) is 0 Å². The summed E-state index contributed by atoms with van der Waals surface area (Å²) in [5.74, 6) is 0.161. The Balaban J connectivity index is 1.62. The second-order valence-electron chi connectivity index (χ2n) is 7.54. The topological polar surface area (TPSA) is 60.2 Å². The fourth-order valence-electron chi connectivity index (χ4n) is 4.04. The number of rotatable bonds is 4. The number of aromatic nitrogens is 3. The molecule has 1 amide bonds. The van der Waals surface area contributed by atoms with E-state index in [1.165, 1.54) is 0 Å². The normalized spacial score (nSPS) is 19.9. The molecule has 3 aromatic rings. The van der Waals surface area contributed by atoms with Crippen LogP contribution in [-0.2, 0) is 16.1 Å². The van der Waals surface area contributed by atoms with E-state index in [2.05, 4.69) is 32.7 Å². The van der Waals surface area contributed by atoms with Gasteiger partial charge in [-0.1, -0.05) is 0 Å². The predicted octanol–water partition coefficient (Wildman–Crippen LogP) is 3.43. The van der Waals surface area contributed by atoms with Crippen LogP contribution in [0.25, 0.3) is 22.3 Å². The van der Waals surface area contributed by atoms with Gasteiger partial charge in [0.15, 0.2) is 0 Å². The van der Waals surface area contributed by atoms with E-state index in [9.17, 15) is 4.79 Å². The van der Waals surface area contributed by atoms with Gasteiger partial charge < -0.3 is 14.2 Å².